The Hall–Kier alpha value is -2.47. The summed E-state index contributed by atoms with van der Waals surface area (Å²) < 4.78 is 31.6. The molecular weight excluding hydrogens is 340 g/mol. The number of hydrogen-bond donors (Lipinski definition) is 1. The highest BCUT2D eigenvalue weighted by Gasteiger charge is 2.15. The van der Waals surface area contributed by atoms with Gasteiger partial charge >= 0.3 is 0 Å². The average Bonchev–Trinajstić information content (AvgIpc) is 2.56. The first-order chi connectivity index (χ1) is 11.4. The molecule has 126 valence electrons. The van der Waals surface area contributed by atoms with Gasteiger partial charge in [-0.1, -0.05) is 11.6 Å². The monoisotopic (exact) mass is 353 g/mol. The van der Waals surface area contributed by atoms with E-state index in [0.29, 0.717) is 10.8 Å². The van der Waals surface area contributed by atoms with Crippen molar-refractivity contribution in [3.63, 3.8) is 0 Å². The van der Waals surface area contributed by atoms with Gasteiger partial charge in [0.2, 0.25) is 5.91 Å². The summed E-state index contributed by atoms with van der Waals surface area (Å²) in [5.41, 5.74) is -0.0116. The van der Waals surface area contributed by atoms with Crippen LogP contribution in [-0.4, -0.2) is 18.8 Å². The van der Waals surface area contributed by atoms with Gasteiger partial charge in [0.25, 0.3) is 0 Å². The van der Waals surface area contributed by atoms with Crippen LogP contribution in [0.3, 0.4) is 0 Å². The van der Waals surface area contributed by atoms with Crippen molar-refractivity contribution in [3.8, 4) is 5.75 Å². The first kappa shape index (κ1) is 17.9. The highest BCUT2D eigenvalue weighted by Crippen LogP contribution is 2.24. The number of rotatable bonds is 6. The van der Waals surface area contributed by atoms with Gasteiger partial charge in [-0.05, 0) is 30.3 Å². The van der Waals surface area contributed by atoms with Crippen LogP contribution in [0.2, 0.25) is 5.02 Å². The van der Waals surface area contributed by atoms with E-state index in [0.717, 1.165) is 18.2 Å². The molecule has 0 aliphatic heterocycles. The maximum Gasteiger partial charge on any atom is 0.224 e. The van der Waals surface area contributed by atoms with Crippen LogP contribution in [0.4, 0.5) is 14.5 Å². The molecule has 0 radical (unpaired) electrons. The van der Waals surface area contributed by atoms with E-state index in [1.165, 1.54) is 13.2 Å². The fourth-order valence-electron chi connectivity index (χ4n) is 2.07. The number of benzene rings is 2. The summed E-state index contributed by atoms with van der Waals surface area (Å²) in [7, 11) is 1.42. The normalized spacial score (nSPS) is 10.3. The third-order valence-electron chi connectivity index (χ3n) is 3.24. The van der Waals surface area contributed by atoms with Gasteiger partial charge in [0.15, 0.2) is 5.78 Å². The van der Waals surface area contributed by atoms with Crippen LogP contribution in [0.5, 0.6) is 5.75 Å². The lowest BCUT2D eigenvalue weighted by atomic mass is 10.1. The summed E-state index contributed by atoms with van der Waals surface area (Å²) in [5, 5.41) is 2.60. The van der Waals surface area contributed by atoms with E-state index in [1.54, 1.807) is 12.1 Å². The van der Waals surface area contributed by atoms with Crippen molar-refractivity contribution in [2.24, 2.45) is 0 Å². The zero-order valence-electron chi connectivity index (χ0n) is 12.7. The number of carbonyl (C=O) groups is 2. The second-order valence-electron chi connectivity index (χ2n) is 4.94. The standard InChI is InChI=1S/C17H14ClF2NO3/c1-24-16-6-2-10(18)8-12(16)15(22)5-7-17(23)21-14-9-11(19)3-4-13(14)20/h2-4,6,8-9H,5,7H2,1H3,(H,21,23). The largest absolute Gasteiger partial charge is 0.496 e. The summed E-state index contributed by atoms with van der Waals surface area (Å²) in [5.74, 6) is -2.03. The highest BCUT2D eigenvalue weighted by atomic mass is 35.5. The lowest BCUT2D eigenvalue weighted by Gasteiger charge is -2.09. The van der Waals surface area contributed by atoms with Gasteiger partial charge in [-0.3, -0.25) is 9.59 Å². The summed E-state index contributed by atoms with van der Waals surface area (Å²) in [6.45, 7) is 0. The maximum atomic E-state index is 13.5. The van der Waals surface area contributed by atoms with Crippen molar-refractivity contribution in [3.05, 3.63) is 58.6 Å². The van der Waals surface area contributed by atoms with E-state index < -0.39 is 17.5 Å². The summed E-state index contributed by atoms with van der Waals surface area (Å²) in [6.07, 6.45) is -0.316. The van der Waals surface area contributed by atoms with Crippen LogP contribution in [-0.2, 0) is 4.79 Å². The molecule has 0 heterocycles. The molecule has 0 bridgehead atoms. The van der Waals surface area contributed by atoms with Gasteiger partial charge in [-0.25, -0.2) is 8.78 Å². The number of halogens is 3. The minimum Gasteiger partial charge on any atom is -0.496 e. The van der Waals surface area contributed by atoms with Gasteiger partial charge in [0.1, 0.15) is 17.4 Å². The molecule has 0 aliphatic carbocycles. The second kappa shape index (κ2) is 7.88. The first-order valence-electron chi connectivity index (χ1n) is 7.02. The Labute approximate surface area is 142 Å². The first-order valence-corrected chi connectivity index (χ1v) is 7.40. The Morgan fingerprint density at radius 1 is 1.12 bits per heavy atom. The van der Waals surface area contributed by atoms with E-state index in [9.17, 15) is 18.4 Å². The van der Waals surface area contributed by atoms with Crippen molar-refractivity contribution in [2.75, 3.05) is 12.4 Å². The van der Waals surface area contributed by atoms with Gasteiger partial charge in [-0.2, -0.15) is 0 Å². The molecule has 0 saturated carbocycles. The van der Waals surface area contributed by atoms with Crippen LogP contribution in [0, 0.1) is 11.6 Å². The van der Waals surface area contributed by atoms with Crippen LogP contribution in [0.25, 0.3) is 0 Å². The number of anilines is 1. The predicted molar refractivity (Wildman–Crippen MR) is 86.6 cm³/mol. The van der Waals surface area contributed by atoms with Crippen LogP contribution in [0.15, 0.2) is 36.4 Å². The number of hydrogen-bond acceptors (Lipinski definition) is 3. The van der Waals surface area contributed by atoms with Crippen molar-refractivity contribution in [1.29, 1.82) is 0 Å². The molecule has 2 aromatic rings. The topological polar surface area (TPSA) is 55.4 Å². The zero-order valence-corrected chi connectivity index (χ0v) is 13.5. The zero-order chi connectivity index (χ0) is 17.7. The molecule has 1 amide bonds. The van der Waals surface area contributed by atoms with E-state index in [2.05, 4.69) is 5.32 Å². The van der Waals surface area contributed by atoms with Gasteiger partial charge in [0.05, 0.1) is 18.4 Å². The van der Waals surface area contributed by atoms with E-state index in [1.807, 2.05) is 0 Å². The summed E-state index contributed by atoms with van der Waals surface area (Å²) in [6, 6.07) is 7.31. The number of ketones is 1. The SMILES string of the molecule is COc1ccc(Cl)cc1C(=O)CCC(=O)Nc1cc(F)ccc1F. The van der Waals surface area contributed by atoms with E-state index in [-0.39, 0.29) is 29.9 Å². The Morgan fingerprint density at radius 3 is 2.58 bits per heavy atom. The van der Waals surface area contributed by atoms with Gasteiger partial charge < -0.3 is 10.1 Å². The van der Waals surface area contributed by atoms with Crippen molar-refractivity contribution < 1.29 is 23.1 Å². The number of nitrogens with one attached hydrogen (secondary N) is 1. The van der Waals surface area contributed by atoms with Gasteiger partial charge in [0, 0.05) is 23.9 Å². The number of carbonyl (C=O) groups excluding carboxylic acids is 2. The number of Topliss-reactive ketones (excluding diaryl/α,β-unsaturated/α-hetero) is 1. The van der Waals surface area contributed by atoms with Crippen LogP contribution >= 0.6 is 11.6 Å². The fraction of sp³-hybridized carbons (Fsp3) is 0.176. The molecule has 7 heteroatoms. The Balaban J connectivity index is 2.00. The second-order valence-corrected chi connectivity index (χ2v) is 5.38. The van der Waals surface area contributed by atoms with Gasteiger partial charge in [-0.15, -0.1) is 0 Å². The predicted octanol–water partition coefficient (Wildman–Crippen LogP) is 4.23. The fourth-order valence-corrected chi connectivity index (χ4v) is 2.24. The molecule has 2 rings (SSSR count). The highest BCUT2D eigenvalue weighted by molar-refractivity contribution is 6.31. The maximum absolute atomic E-state index is 13.5. The Bertz CT molecular complexity index is 780. The Morgan fingerprint density at radius 2 is 1.88 bits per heavy atom. The molecule has 0 unspecified atom stereocenters. The molecule has 24 heavy (non-hydrogen) atoms. The quantitative estimate of drug-likeness (QED) is 0.791. The minimum atomic E-state index is -0.757. The summed E-state index contributed by atoms with van der Waals surface area (Å²) in [4.78, 5) is 24.0. The molecule has 0 fully saturated rings. The smallest absolute Gasteiger partial charge is 0.224 e. The summed E-state index contributed by atoms with van der Waals surface area (Å²) >= 11 is 5.86. The molecule has 0 atom stereocenters. The third-order valence-corrected chi connectivity index (χ3v) is 3.48. The third kappa shape index (κ3) is 4.52. The molecular formula is C17H14ClF2NO3. The molecule has 0 aromatic heterocycles. The molecule has 4 nitrogen and oxygen atoms in total. The van der Waals surface area contributed by atoms with Crippen molar-refractivity contribution in [2.45, 2.75) is 12.8 Å². The van der Waals surface area contributed by atoms with E-state index in [4.69, 9.17) is 16.3 Å². The average molecular weight is 354 g/mol. The molecule has 1 N–H and O–H groups in total. The lowest BCUT2D eigenvalue weighted by molar-refractivity contribution is -0.116. The molecule has 0 aliphatic rings. The minimum absolute atomic E-state index is 0.126. The van der Waals surface area contributed by atoms with Crippen molar-refractivity contribution in [1.82, 2.24) is 0 Å². The number of amides is 1. The van der Waals surface area contributed by atoms with Crippen LogP contribution < -0.4 is 10.1 Å². The number of methoxy groups -OCH3 is 1. The lowest BCUT2D eigenvalue weighted by Crippen LogP contribution is -2.15. The Kier molecular flexibility index (Phi) is 5.87. The van der Waals surface area contributed by atoms with Crippen molar-refractivity contribution >= 4 is 29.0 Å². The molecule has 0 saturated heterocycles. The van der Waals surface area contributed by atoms with Crippen LogP contribution in [0.1, 0.15) is 23.2 Å². The molecule has 0 spiro atoms. The number of ether oxygens (including phenoxy) is 1. The van der Waals surface area contributed by atoms with E-state index >= 15 is 0 Å². The molecule has 2 aromatic carbocycles.